The maximum absolute atomic E-state index is 9.81. The van der Waals surface area contributed by atoms with Crippen molar-refractivity contribution in [2.75, 3.05) is 24.6 Å². The van der Waals surface area contributed by atoms with Crippen LogP contribution >= 0.6 is 0 Å². The number of hydrogen-bond donors (Lipinski definition) is 1. The number of aliphatic hydroxyl groups excluding tert-OH is 1. The molecule has 8 heteroatoms. The first-order valence-corrected chi connectivity index (χ1v) is 8.32. The van der Waals surface area contributed by atoms with E-state index in [1.54, 1.807) is 23.3 Å². The van der Waals surface area contributed by atoms with E-state index in [-0.39, 0.29) is 18.4 Å². The van der Waals surface area contributed by atoms with Gasteiger partial charge in [-0.3, -0.25) is 14.2 Å². The van der Waals surface area contributed by atoms with Crippen LogP contribution in [0.4, 0.5) is 5.82 Å². The number of aliphatic hydroxyl groups is 1. The average Bonchev–Trinajstić information content (AvgIpc) is 3.34. The minimum absolute atomic E-state index is 0.143. The Morgan fingerprint density at radius 1 is 1.20 bits per heavy atom. The van der Waals surface area contributed by atoms with Crippen LogP contribution in [0.2, 0.25) is 0 Å². The van der Waals surface area contributed by atoms with Gasteiger partial charge in [0, 0.05) is 57.2 Å². The minimum Gasteiger partial charge on any atom is -0.396 e. The molecule has 8 nitrogen and oxygen atoms in total. The lowest BCUT2D eigenvalue weighted by Crippen LogP contribution is -2.22. The Morgan fingerprint density at radius 2 is 2.04 bits per heavy atom. The number of rotatable bonds is 4. The second kappa shape index (κ2) is 6.29. The number of hydrogen-bond acceptors (Lipinski definition) is 6. The predicted molar refractivity (Wildman–Crippen MR) is 92.6 cm³/mol. The molecule has 1 aliphatic rings. The zero-order valence-corrected chi connectivity index (χ0v) is 14.3. The second-order valence-electron chi connectivity index (χ2n) is 6.48. The lowest BCUT2D eigenvalue weighted by atomic mass is 9.92. The molecule has 0 unspecified atom stereocenters. The number of anilines is 1. The molecule has 1 saturated heterocycles. The number of nitrogens with zero attached hydrogens (tertiary/aromatic N) is 7. The van der Waals surface area contributed by atoms with Crippen molar-refractivity contribution in [3.63, 3.8) is 0 Å². The molecule has 2 atom stereocenters. The first-order chi connectivity index (χ1) is 12.2. The first kappa shape index (κ1) is 15.8. The molecule has 1 N–H and O–H groups in total. The van der Waals surface area contributed by atoms with Gasteiger partial charge >= 0.3 is 0 Å². The Morgan fingerprint density at radius 3 is 2.72 bits per heavy atom. The lowest BCUT2D eigenvalue weighted by Gasteiger charge is -2.17. The molecule has 0 saturated carbocycles. The molecule has 3 aromatic heterocycles. The highest BCUT2D eigenvalue weighted by Gasteiger charge is 2.35. The summed E-state index contributed by atoms with van der Waals surface area (Å²) < 4.78 is 3.71. The maximum atomic E-state index is 9.81. The summed E-state index contributed by atoms with van der Waals surface area (Å²) in [6, 6.07) is 0. The van der Waals surface area contributed by atoms with Gasteiger partial charge in [0.1, 0.15) is 11.6 Å². The van der Waals surface area contributed by atoms with Gasteiger partial charge in [0.05, 0.1) is 18.6 Å². The van der Waals surface area contributed by atoms with Gasteiger partial charge in [-0.15, -0.1) is 0 Å². The van der Waals surface area contributed by atoms with E-state index in [4.69, 9.17) is 4.98 Å². The number of aromatic nitrogens is 6. The number of imidazole rings is 1. The molecule has 3 aromatic rings. The van der Waals surface area contributed by atoms with Crippen LogP contribution in [0.3, 0.4) is 0 Å². The van der Waals surface area contributed by atoms with Crippen molar-refractivity contribution in [3.05, 3.63) is 48.6 Å². The molecule has 0 radical (unpaired) electrons. The molecule has 25 heavy (non-hydrogen) atoms. The minimum atomic E-state index is 0.143. The Labute approximate surface area is 145 Å². The van der Waals surface area contributed by atoms with Crippen LogP contribution < -0.4 is 4.90 Å². The summed E-state index contributed by atoms with van der Waals surface area (Å²) in [4.78, 5) is 15.5. The Hall–Kier alpha value is -2.74. The van der Waals surface area contributed by atoms with Gasteiger partial charge in [0.15, 0.2) is 5.82 Å². The van der Waals surface area contributed by atoms with Gasteiger partial charge in [-0.2, -0.15) is 5.10 Å². The third-order valence-corrected chi connectivity index (χ3v) is 4.83. The van der Waals surface area contributed by atoms with E-state index >= 15 is 0 Å². The van der Waals surface area contributed by atoms with Crippen molar-refractivity contribution >= 4 is 5.82 Å². The largest absolute Gasteiger partial charge is 0.396 e. The summed E-state index contributed by atoms with van der Waals surface area (Å²) >= 11 is 0. The highest BCUT2D eigenvalue weighted by Crippen LogP contribution is 2.34. The predicted octanol–water partition coefficient (Wildman–Crippen LogP) is 0.917. The summed E-state index contributed by atoms with van der Waals surface area (Å²) in [5.74, 6) is 2.83. The molecule has 0 amide bonds. The Bertz CT molecular complexity index is 871. The normalized spacial score (nSPS) is 20.4. The van der Waals surface area contributed by atoms with Gasteiger partial charge in [-0.05, 0) is 12.5 Å². The summed E-state index contributed by atoms with van der Waals surface area (Å²) in [5.41, 5.74) is 1.15. The SMILES string of the molecule is Cc1nccn1-c1cncc(N2C[C@@H](CO)[C@H](c3cnn(C)c3)C2)n1. The fourth-order valence-electron chi connectivity index (χ4n) is 3.49. The van der Waals surface area contributed by atoms with Crippen molar-refractivity contribution in [1.29, 1.82) is 0 Å². The van der Waals surface area contributed by atoms with E-state index in [0.29, 0.717) is 0 Å². The third kappa shape index (κ3) is 2.89. The van der Waals surface area contributed by atoms with Crippen LogP contribution in [0.15, 0.2) is 37.2 Å². The number of aryl methyl sites for hydroxylation is 2. The molecular formula is C17H21N7O. The Balaban J connectivity index is 1.61. The van der Waals surface area contributed by atoms with Gasteiger partial charge in [0.25, 0.3) is 0 Å². The highest BCUT2D eigenvalue weighted by molar-refractivity contribution is 5.43. The van der Waals surface area contributed by atoms with E-state index in [9.17, 15) is 5.11 Å². The quantitative estimate of drug-likeness (QED) is 0.761. The zero-order chi connectivity index (χ0) is 17.4. The second-order valence-corrected chi connectivity index (χ2v) is 6.48. The summed E-state index contributed by atoms with van der Waals surface area (Å²) in [5, 5.41) is 14.1. The highest BCUT2D eigenvalue weighted by atomic mass is 16.3. The molecule has 0 spiro atoms. The zero-order valence-electron chi connectivity index (χ0n) is 14.3. The molecular weight excluding hydrogens is 318 g/mol. The summed E-state index contributed by atoms with van der Waals surface area (Å²) in [6.45, 7) is 3.61. The standard InChI is InChI=1S/C17H21N7O/c1-12-19-3-4-24(12)17-7-18-6-16(21-17)23-9-14(11-25)15(10-23)13-5-20-22(2)8-13/h3-8,14-15,25H,9-11H2,1-2H3/t14-,15-/m0/s1. The van der Waals surface area contributed by atoms with Crippen molar-refractivity contribution in [2.45, 2.75) is 12.8 Å². The van der Waals surface area contributed by atoms with Crippen molar-refractivity contribution < 1.29 is 5.11 Å². The van der Waals surface area contributed by atoms with Crippen LogP contribution in [0, 0.1) is 12.8 Å². The van der Waals surface area contributed by atoms with Crippen molar-refractivity contribution in [2.24, 2.45) is 13.0 Å². The summed E-state index contributed by atoms with van der Waals surface area (Å²) in [6.07, 6.45) is 11.0. The van der Waals surface area contributed by atoms with Crippen LogP contribution in [-0.2, 0) is 7.05 Å². The average molecular weight is 339 g/mol. The van der Waals surface area contributed by atoms with E-state index in [0.717, 1.165) is 36.1 Å². The molecule has 130 valence electrons. The monoisotopic (exact) mass is 339 g/mol. The van der Waals surface area contributed by atoms with Crippen LogP contribution in [0.5, 0.6) is 0 Å². The van der Waals surface area contributed by atoms with Crippen LogP contribution in [-0.4, -0.2) is 54.1 Å². The molecule has 0 aliphatic carbocycles. The lowest BCUT2D eigenvalue weighted by molar-refractivity contribution is 0.227. The van der Waals surface area contributed by atoms with E-state index in [2.05, 4.69) is 20.0 Å². The molecule has 4 rings (SSSR count). The van der Waals surface area contributed by atoms with Gasteiger partial charge in [-0.1, -0.05) is 0 Å². The van der Waals surface area contributed by atoms with Crippen molar-refractivity contribution in [3.8, 4) is 5.82 Å². The maximum Gasteiger partial charge on any atom is 0.159 e. The Kier molecular flexibility index (Phi) is 3.96. The van der Waals surface area contributed by atoms with Gasteiger partial charge < -0.3 is 10.0 Å². The van der Waals surface area contributed by atoms with Gasteiger partial charge in [0.2, 0.25) is 0 Å². The van der Waals surface area contributed by atoms with Crippen molar-refractivity contribution in [1.82, 2.24) is 29.3 Å². The van der Waals surface area contributed by atoms with E-state index in [1.807, 2.05) is 37.1 Å². The fourth-order valence-corrected chi connectivity index (χ4v) is 3.49. The van der Waals surface area contributed by atoms with Crippen LogP contribution in [0.1, 0.15) is 17.3 Å². The van der Waals surface area contributed by atoms with Crippen LogP contribution in [0.25, 0.3) is 5.82 Å². The summed E-state index contributed by atoms with van der Waals surface area (Å²) in [7, 11) is 1.91. The topological polar surface area (TPSA) is 84.9 Å². The molecule has 1 aliphatic heterocycles. The fraction of sp³-hybridized carbons (Fsp3) is 0.412. The van der Waals surface area contributed by atoms with E-state index < -0.39 is 0 Å². The smallest absolute Gasteiger partial charge is 0.159 e. The molecule has 0 bridgehead atoms. The molecule has 1 fully saturated rings. The third-order valence-electron chi connectivity index (χ3n) is 4.83. The first-order valence-electron chi connectivity index (χ1n) is 8.32. The molecule has 0 aromatic carbocycles. The van der Waals surface area contributed by atoms with E-state index in [1.165, 1.54) is 0 Å². The molecule has 4 heterocycles. The van der Waals surface area contributed by atoms with Gasteiger partial charge in [-0.25, -0.2) is 9.97 Å².